The highest BCUT2D eigenvalue weighted by atomic mass is 35.5. The predicted molar refractivity (Wildman–Crippen MR) is 79.2 cm³/mol. The van der Waals surface area contributed by atoms with Crippen molar-refractivity contribution < 1.29 is 4.39 Å². The van der Waals surface area contributed by atoms with Crippen molar-refractivity contribution >= 4 is 11.6 Å². The Morgan fingerprint density at radius 3 is 2.63 bits per heavy atom. The average Bonchev–Trinajstić information content (AvgIpc) is 2.41. The van der Waals surface area contributed by atoms with Gasteiger partial charge in [0.05, 0.1) is 0 Å². The van der Waals surface area contributed by atoms with Gasteiger partial charge in [-0.1, -0.05) is 43.9 Å². The summed E-state index contributed by atoms with van der Waals surface area (Å²) in [6.07, 6.45) is 7.06. The van der Waals surface area contributed by atoms with E-state index in [1.165, 1.54) is 38.2 Å². The van der Waals surface area contributed by atoms with E-state index in [-0.39, 0.29) is 11.2 Å². The molecular formula is C16H23ClFN. The normalized spacial score (nSPS) is 18.5. The van der Waals surface area contributed by atoms with E-state index in [0.29, 0.717) is 5.02 Å². The maximum atomic E-state index is 14.0. The summed E-state index contributed by atoms with van der Waals surface area (Å²) in [4.78, 5) is 0. The van der Waals surface area contributed by atoms with Crippen molar-refractivity contribution in [2.75, 3.05) is 13.1 Å². The second-order valence-electron chi connectivity index (χ2n) is 5.75. The molecule has 0 aliphatic heterocycles. The number of halogens is 2. The molecule has 1 N–H and O–H groups in total. The molecule has 1 aliphatic rings. The highest BCUT2D eigenvalue weighted by Crippen LogP contribution is 2.39. The molecule has 1 aromatic carbocycles. The average molecular weight is 284 g/mol. The van der Waals surface area contributed by atoms with E-state index in [4.69, 9.17) is 11.6 Å². The van der Waals surface area contributed by atoms with Crippen LogP contribution in [-0.4, -0.2) is 13.1 Å². The molecule has 0 spiro atoms. The molecule has 1 saturated carbocycles. The van der Waals surface area contributed by atoms with E-state index in [1.807, 2.05) is 6.07 Å². The smallest absolute Gasteiger partial charge is 0.127 e. The summed E-state index contributed by atoms with van der Waals surface area (Å²) in [6, 6.07) is 5.07. The molecule has 0 bridgehead atoms. The molecule has 0 heterocycles. The quantitative estimate of drug-likeness (QED) is 0.834. The number of rotatable bonds is 5. The summed E-state index contributed by atoms with van der Waals surface area (Å²) in [7, 11) is 0. The molecule has 106 valence electrons. The third-order valence-electron chi connectivity index (χ3n) is 4.24. The lowest BCUT2D eigenvalue weighted by Crippen LogP contribution is -2.38. The lowest BCUT2D eigenvalue weighted by atomic mass is 9.70. The first-order valence-corrected chi connectivity index (χ1v) is 7.68. The molecule has 2 rings (SSSR count). The van der Waals surface area contributed by atoms with Crippen molar-refractivity contribution in [1.29, 1.82) is 0 Å². The predicted octanol–water partition coefficient (Wildman–Crippen LogP) is 4.58. The summed E-state index contributed by atoms with van der Waals surface area (Å²) in [5, 5.41) is 3.94. The van der Waals surface area contributed by atoms with Crippen LogP contribution in [0.2, 0.25) is 5.02 Å². The van der Waals surface area contributed by atoms with Gasteiger partial charge in [0.15, 0.2) is 0 Å². The fraction of sp³-hybridized carbons (Fsp3) is 0.625. The van der Waals surface area contributed by atoms with Gasteiger partial charge in [0.2, 0.25) is 0 Å². The topological polar surface area (TPSA) is 12.0 Å². The lowest BCUT2D eigenvalue weighted by molar-refractivity contribution is 0.180. The van der Waals surface area contributed by atoms with E-state index in [2.05, 4.69) is 12.2 Å². The number of nitrogens with one attached hydrogen (secondary N) is 1. The first-order chi connectivity index (χ1) is 9.15. The zero-order valence-corrected chi connectivity index (χ0v) is 12.4. The summed E-state index contributed by atoms with van der Waals surface area (Å²) in [5.41, 5.74) is 1.03. The van der Waals surface area contributed by atoms with Gasteiger partial charge in [0.1, 0.15) is 5.82 Å². The molecule has 3 heteroatoms. The van der Waals surface area contributed by atoms with Crippen LogP contribution in [0.1, 0.15) is 44.6 Å². The van der Waals surface area contributed by atoms with Crippen molar-refractivity contribution in [3.8, 4) is 0 Å². The first-order valence-electron chi connectivity index (χ1n) is 7.30. The van der Waals surface area contributed by atoms with Gasteiger partial charge >= 0.3 is 0 Å². The van der Waals surface area contributed by atoms with Crippen LogP contribution in [0, 0.1) is 11.2 Å². The maximum absolute atomic E-state index is 14.0. The molecule has 0 atom stereocenters. The first kappa shape index (κ1) is 14.8. The molecule has 0 saturated heterocycles. The summed E-state index contributed by atoms with van der Waals surface area (Å²) in [6.45, 7) is 4.09. The van der Waals surface area contributed by atoms with E-state index >= 15 is 0 Å². The van der Waals surface area contributed by atoms with E-state index in [0.717, 1.165) is 25.1 Å². The van der Waals surface area contributed by atoms with Gasteiger partial charge in [-0.05, 0) is 48.9 Å². The highest BCUT2D eigenvalue weighted by Gasteiger charge is 2.32. The Labute approximate surface area is 120 Å². The fourth-order valence-corrected chi connectivity index (χ4v) is 3.34. The molecule has 0 radical (unpaired) electrons. The largest absolute Gasteiger partial charge is 0.316 e. The Hall–Kier alpha value is -0.600. The molecule has 19 heavy (non-hydrogen) atoms. The Kier molecular flexibility index (Phi) is 5.23. The third kappa shape index (κ3) is 3.93. The second kappa shape index (κ2) is 6.71. The minimum Gasteiger partial charge on any atom is -0.316 e. The van der Waals surface area contributed by atoms with Crippen LogP contribution in [-0.2, 0) is 6.42 Å². The maximum Gasteiger partial charge on any atom is 0.127 e. The van der Waals surface area contributed by atoms with Crippen molar-refractivity contribution in [3.05, 3.63) is 34.6 Å². The van der Waals surface area contributed by atoms with Crippen LogP contribution in [0.5, 0.6) is 0 Å². The summed E-state index contributed by atoms with van der Waals surface area (Å²) < 4.78 is 14.0. The van der Waals surface area contributed by atoms with Crippen molar-refractivity contribution in [2.24, 2.45) is 5.41 Å². The molecule has 0 aromatic heterocycles. The summed E-state index contributed by atoms with van der Waals surface area (Å²) in [5.74, 6) is -0.158. The molecule has 0 unspecified atom stereocenters. The van der Waals surface area contributed by atoms with E-state index in [1.54, 1.807) is 6.07 Å². The molecule has 1 fully saturated rings. The zero-order chi connectivity index (χ0) is 13.7. The van der Waals surface area contributed by atoms with Gasteiger partial charge in [-0.25, -0.2) is 4.39 Å². The SMILES string of the molecule is CCNCC1(Cc2ccc(Cl)cc2F)CCCCC1. The number of hydrogen-bond acceptors (Lipinski definition) is 1. The van der Waals surface area contributed by atoms with Crippen molar-refractivity contribution in [3.63, 3.8) is 0 Å². The third-order valence-corrected chi connectivity index (χ3v) is 4.48. The Bertz CT molecular complexity index is 413. The number of benzene rings is 1. The lowest BCUT2D eigenvalue weighted by Gasteiger charge is -2.38. The van der Waals surface area contributed by atoms with E-state index in [9.17, 15) is 4.39 Å². The van der Waals surface area contributed by atoms with Crippen LogP contribution in [0.3, 0.4) is 0 Å². The van der Waals surface area contributed by atoms with Crippen LogP contribution < -0.4 is 5.32 Å². The minimum absolute atomic E-state index is 0.158. The molecule has 0 amide bonds. The van der Waals surface area contributed by atoms with Crippen LogP contribution >= 0.6 is 11.6 Å². The van der Waals surface area contributed by atoms with Gasteiger partial charge in [-0.2, -0.15) is 0 Å². The zero-order valence-electron chi connectivity index (χ0n) is 11.6. The standard InChI is InChI=1S/C16H23ClFN/c1-2-19-12-16(8-4-3-5-9-16)11-13-6-7-14(17)10-15(13)18/h6-7,10,19H,2-5,8-9,11-12H2,1H3. The van der Waals surface area contributed by atoms with Crippen LogP contribution in [0.4, 0.5) is 4.39 Å². The van der Waals surface area contributed by atoms with Gasteiger partial charge in [0.25, 0.3) is 0 Å². The molecule has 1 aromatic rings. The second-order valence-corrected chi connectivity index (χ2v) is 6.19. The molecule has 1 aliphatic carbocycles. The Morgan fingerprint density at radius 2 is 2.00 bits per heavy atom. The fourth-order valence-electron chi connectivity index (χ4n) is 3.18. The van der Waals surface area contributed by atoms with Gasteiger partial charge in [0, 0.05) is 11.6 Å². The van der Waals surface area contributed by atoms with Crippen LogP contribution in [0.25, 0.3) is 0 Å². The highest BCUT2D eigenvalue weighted by molar-refractivity contribution is 6.30. The minimum atomic E-state index is -0.158. The molecular weight excluding hydrogens is 261 g/mol. The van der Waals surface area contributed by atoms with Gasteiger partial charge in [-0.15, -0.1) is 0 Å². The van der Waals surface area contributed by atoms with Crippen molar-refractivity contribution in [1.82, 2.24) is 5.32 Å². The Morgan fingerprint density at radius 1 is 1.26 bits per heavy atom. The monoisotopic (exact) mass is 283 g/mol. The van der Waals surface area contributed by atoms with E-state index < -0.39 is 0 Å². The van der Waals surface area contributed by atoms with Crippen LogP contribution in [0.15, 0.2) is 18.2 Å². The van der Waals surface area contributed by atoms with Crippen molar-refractivity contribution in [2.45, 2.75) is 45.4 Å². The molecule has 1 nitrogen and oxygen atoms in total. The van der Waals surface area contributed by atoms with Gasteiger partial charge < -0.3 is 5.32 Å². The van der Waals surface area contributed by atoms with Gasteiger partial charge in [-0.3, -0.25) is 0 Å². The Balaban J connectivity index is 2.14. The summed E-state index contributed by atoms with van der Waals surface area (Å²) >= 11 is 5.83. The number of hydrogen-bond donors (Lipinski definition) is 1.